The first-order valence-electron chi connectivity index (χ1n) is 8.45. The monoisotopic (exact) mass is 343 g/mol. The zero-order valence-electron chi connectivity index (χ0n) is 14.2. The average Bonchev–Trinajstić information content (AvgIpc) is 2.66. The Bertz CT molecular complexity index is 618. The lowest BCUT2D eigenvalue weighted by Crippen LogP contribution is -2.36. The number of hydrogen-bond acceptors (Lipinski definition) is 5. The lowest BCUT2D eigenvalue weighted by Gasteiger charge is -2.20. The van der Waals surface area contributed by atoms with E-state index in [4.69, 9.17) is 9.84 Å². The van der Waals surface area contributed by atoms with E-state index in [1.807, 2.05) is 48.5 Å². The van der Waals surface area contributed by atoms with Gasteiger partial charge in [-0.2, -0.15) is 0 Å². The summed E-state index contributed by atoms with van der Waals surface area (Å²) < 4.78 is 5.75. The molecule has 2 aromatic rings. The van der Waals surface area contributed by atoms with E-state index in [0.717, 1.165) is 5.56 Å². The molecule has 0 saturated carbocycles. The minimum atomic E-state index is -0.742. The van der Waals surface area contributed by atoms with Crippen LogP contribution in [0.2, 0.25) is 0 Å². The first-order valence-corrected chi connectivity index (χ1v) is 8.45. The van der Waals surface area contributed by atoms with Gasteiger partial charge in [0.1, 0.15) is 6.10 Å². The van der Waals surface area contributed by atoms with Crippen molar-refractivity contribution in [2.24, 2.45) is 0 Å². The zero-order valence-corrected chi connectivity index (χ0v) is 14.2. The van der Waals surface area contributed by atoms with Crippen molar-refractivity contribution in [3.63, 3.8) is 0 Å². The maximum atomic E-state index is 12.8. The topological polar surface area (TPSA) is 78.8 Å². The first-order chi connectivity index (χ1) is 12.2. The summed E-state index contributed by atoms with van der Waals surface area (Å²) in [6.07, 6.45) is -0.948. The summed E-state index contributed by atoms with van der Waals surface area (Å²) in [5, 5.41) is 21.6. The lowest BCUT2D eigenvalue weighted by atomic mass is 10.00. The summed E-state index contributed by atoms with van der Waals surface area (Å²) in [4.78, 5) is 12.8. The number of hydrogen-bond donors (Lipinski definition) is 3. The average molecular weight is 343 g/mol. The van der Waals surface area contributed by atoms with Gasteiger partial charge >= 0.3 is 0 Å². The van der Waals surface area contributed by atoms with E-state index in [1.165, 1.54) is 0 Å². The standard InChI is InChI=1S/C20H25NO4/c22-12-11-21-14-18(23)15-25-19(13-16-7-3-1-4-8-16)20(24)17-9-5-2-6-10-17/h1-10,18-19,21-23H,11-15H2. The molecule has 5 nitrogen and oxygen atoms in total. The van der Waals surface area contributed by atoms with Crippen LogP contribution in [-0.4, -0.2) is 54.5 Å². The van der Waals surface area contributed by atoms with Crippen LogP contribution in [0.25, 0.3) is 0 Å². The van der Waals surface area contributed by atoms with Crippen LogP contribution in [0.3, 0.4) is 0 Å². The Labute approximate surface area is 148 Å². The van der Waals surface area contributed by atoms with E-state index < -0.39 is 12.2 Å². The summed E-state index contributed by atoms with van der Waals surface area (Å²) in [6.45, 7) is 0.775. The van der Waals surface area contributed by atoms with Gasteiger partial charge in [0.15, 0.2) is 5.78 Å². The smallest absolute Gasteiger partial charge is 0.191 e. The van der Waals surface area contributed by atoms with Crippen molar-refractivity contribution >= 4 is 5.78 Å². The Hall–Kier alpha value is -2.05. The van der Waals surface area contributed by atoms with Crippen LogP contribution in [0.1, 0.15) is 15.9 Å². The second-order valence-electron chi connectivity index (χ2n) is 5.82. The molecule has 0 saturated heterocycles. The number of nitrogens with one attached hydrogen (secondary N) is 1. The van der Waals surface area contributed by atoms with E-state index in [0.29, 0.717) is 25.1 Å². The first kappa shape index (κ1) is 19.3. The Balaban J connectivity index is 2.00. The number of benzene rings is 2. The van der Waals surface area contributed by atoms with Crippen LogP contribution < -0.4 is 5.32 Å². The summed E-state index contributed by atoms with van der Waals surface area (Å²) in [5.74, 6) is -0.0972. The molecule has 25 heavy (non-hydrogen) atoms. The second kappa shape index (κ2) is 10.7. The molecule has 0 aliphatic rings. The fraction of sp³-hybridized carbons (Fsp3) is 0.350. The van der Waals surface area contributed by atoms with Gasteiger partial charge in [-0.3, -0.25) is 4.79 Å². The molecule has 2 rings (SSSR count). The quantitative estimate of drug-likeness (QED) is 0.425. The predicted octanol–water partition coefficient (Wildman–Crippen LogP) is 1.44. The van der Waals surface area contributed by atoms with Crippen LogP contribution in [0.5, 0.6) is 0 Å². The summed E-state index contributed by atoms with van der Waals surface area (Å²) in [6, 6.07) is 18.7. The highest BCUT2D eigenvalue weighted by Gasteiger charge is 2.22. The highest BCUT2D eigenvalue weighted by Crippen LogP contribution is 2.13. The fourth-order valence-corrected chi connectivity index (χ4v) is 2.48. The van der Waals surface area contributed by atoms with Gasteiger partial charge in [-0.15, -0.1) is 0 Å². The predicted molar refractivity (Wildman–Crippen MR) is 96.6 cm³/mol. The molecule has 0 bridgehead atoms. The summed E-state index contributed by atoms with van der Waals surface area (Å²) >= 11 is 0. The molecule has 0 aromatic heterocycles. The van der Waals surface area contributed by atoms with Gasteiger partial charge in [0.2, 0.25) is 0 Å². The fourth-order valence-electron chi connectivity index (χ4n) is 2.48. The van der Waals surface area contributed by atoms with Crippen LogP contribution >= 0.6 is 0 Å². The van der Waals surface area contributed by atoms with Crippen molar-refractivity contribution in [3.8, 4) is 0 Å². The van der Waals surface area contributed by atoms with Crippen LogP contribution in [0.15, 0.2) is 60.7 Å². The lowest BCUT2D eigenvalue weighted by molar-refractivity contribution is -0.00184. The second-order valence-corrected chi connectivity index (χ2v) is 5.82. The van der Waals surface area contributed by atoms with E-state index in [9.17, 15) is 9.90 Å². The van der Waals surface area contributed by atoms with E-state index in [2.05, 4.69) is 5.32 Å². The van der Waals surface area contributed by atoms with Gasteiger partial charge in [-0.25, -0.2) is 0 Å². The Morgan fingerprint density at radius 3 is 2.32 bits per heavy atom. The molecule has 2 atom stereocenters. The number of rotatable bonds is 11. The molecule has 2 aromatic carbocycles. The van der Waals surface area contributed by atoms with Crippen LogP contribution in [-0.2, 0) is 11.2 Å². The molecule has 0 fully saturated rings. The molecule has 0 aliphatic heterocycles. The third kappa shape index (κ3) is 6.76. The minimum Gasteiger partial charge on any atom is -0.395 e. The summed E-state index contributed by atoms with van der Waals surface area (Å²) in [7, 11) is 0. The third-order valence-corrected chi connectivity index (χ3v) is 3.77. The SMILES string of the molecule is O=C(c1ccccc1)C(Cc1ccccc1)OCC(O)CNCCO. The van der Waals surface area contributed by atoms with Gasteiger partial charge in [0.05, 0.1) is 19.3 Å². The molecular weight excluding hydrogens is 318 g/mol. The third-order valence-electron chi connectivity index (χ3n) is 3.77. The van der Waals surface area contributed by atoms with Crippen molar-refractivity contribution in [1.29, 1.82) is 0 Å². The number of aliphatic hydroxyl groups is 2. The Morgan fingerprint density at radius 2 is 1.68 bits per heavy atom. The minimum absolute atomic E-state index is 0.0106. The van der Waals surface area contributed by atoms with E-state index in [1.54, 1.807) is 12.1 Å². The normalized spacial score (nSPS) is 13.4. The maximum absolute atomic E-state index is 12.8. The number of carbonyl (C=O) groups is 1. The molecule has 0 aliphatic carbocycles. The molecule has 0 amide bonds. The van der Waals surface area contributed by atoms with E-state index >= 15 is 0 Å². The van der Waals surface area contributed by atoms with Crippen molar-refractivity contribution in [3.05, 3.63) is 71.8 Å². The van der Waals surface area contributed by atoms with E-state index in [-0.39, 0.29) is 19.0 Å². The van der Waals surface area contributed by atoms with Gasteiger partial charge in [-0.1, -0.05) is 60.7 Å². The molecule has 3 N–H and O–H groups in total. The van der Waals surface area contributed by atoms with Crippen LogP contribution in [0, 0.1) is 0 Å². The maximum Gasteiger partial charge on any atom is 0.191 e. The van der Waals surface area contributed by atoms with Gasteiger partial charge in [0, 0.05) is 25.1 Å². The van der Waals surface area contributed by atoms with Crippen molar-refractivity contribution < 1.29 is 19.7 Å². The van der Waals surface area contributed by atoms with Gasteiger partial charge in [-0.05, 0) is 5.56 Å². The molecule has 0 heterocycles. The van der Waals surface area contributed by atoms with Crippen molar-refractivity contribution in [2.45, 2.75) is 18.6 Å². The number of aliphatic hydroxyl groups excluding tert-OH is 2. The molecule has 134 valence electrons. The molecule has 2 unspecified atom stereocenters. The van der Waals surface area contributed by atoms with Gasteiger partial charge in [0.25, 0.3) is 0 Å². The molecule has 0 spiro atoms. The number of ketones is 1. The highest BCUT2D eigenvalue weighted by molar-refractivity contribution is 5.99. The van der Waals surface area contributed by atoms with Crippen molar-refractivity contribution in [2.75, 3.05) is 26.3 Å². The number of Topliss-reactive ketones (excluding diaryl/α,β-unsaturated/α-hetero) is 1. The molecular formula is C20H25NO4. The number of carbonyl (C=O) groups excluding carboxylic acids is 1. The number of ether oxygens (including phenoxy) is 1. The van der Waals surface area contributed by atoms with Crippen molar-refractivity contribution in [1.82, 2.24) is 5.32 Å². The van der Waals surface area contributed by atoms with Crippen LogP contribution in [0.4, 0.5) is 0 Å². The molecule has 0 radical (unpaired) electrons. The largest absolute Gasteiger partial charge is 0.395 e. The van der Waals surface area contributed by atoms with Gasteiger partial charge < -0.3 is 20.3 Å². The highest BCUT2D eigenvalue weighted by atomic mass is 16.5. The Kier molecular flexibility index (Phi) is 8.28. The molecule has 5 heteroatoms. The zero-order chi connectivity index (χ0) is 17.9. The Morgan fingerprint density at radius 1 is 1.04 bits per heavy atom. The summed E-state index contributed by atoms with van der Waals surface area (Å²) in [5.41, 5.74) is 1.60.